The molecule has 0 bridgehead atoms. The summed E-state index contributed by atoms with van der Waals surface area (Å²) in [5, 5.41) is 18.5. The van der Waals surface area contributed by atoms with Gasteiger partial charge in [-0.15, -0.1) is 0 Å². The van der Waals surface area contributed by atoms with Gasteiger partial charge in [-0.05, 0) is 36.4 Å². The van der Waals surface area contributed by atoms with E-state index in [2.05, 4.69) is 10.2 Å². The molecule has 2 aromatic rings. The number of azo groups is 1. The molecule has 0 aliphatic heterocycles. The molecule has 0 aromatic heterocycles. The number of hydroxylamine groups is 1. The average molecular weight is 227 g/mol. The smallest absolute Gasteiger partial charge is 0.0858 e. The standard InChI is InChI=1S/C13H13N3O/c1-16(17)13-9-7-12(8-10-13)15-14-11-5-3-2-4-6-11/h2-10,17H,1H3. The lowest BCUT2D eigenvalue weighted by Gasteiger charge is -2.09. The molecule has 0 radical (unpaired) electrons. The molecular formula is C13H13N3O. The van der Waals surface area contributed by atoms with E-state index in [1.807, 2.05) is 30.3 Å². The van der Waals surface area contributed by atoms with Gasteiger partial charge in [0.1, 0.15) is 0 Å². The van der Waals surface area contributed by atoms with Gasteiger partial charge in [0.05, 0.1) is 17.1 Å². The minimum absolute atomic E-state index is 0.712. The summed E-state index contributed by atoms with van der Waals surface area (Å²) in [5.41, 5.74) is 2.28. The molecule has 0 amide bonds. The number of hydrogen-bond acceptors (Lipinski definition) is 4. The first-order valence-corrected chi connectivity index (χ1v) is 5.25. The van der Waals surface area contributed by atoms with Crippen LogP contribution in [0.25, 0.3) is 0 Å². The van der Waals surface area contributed by atoms with E-state index in [4.69, 9.17) is 0 Å². The molecule has 86 valence electrons. The first-order valence-electron chi connectivity index (χ1n) is 5.25. The number of hydrogen-bond donors (Lipinski definition) is 1. The monoisotopic (exact) mass is 227 g/mol. The van der Waals surface area contributed by atoms with Crippen LogP contribution in [0.5, 0.6) is 0 Å². The lowest BCUT2D eigenvalue weighted by Crippen LogP contribution is -2.08. The molecule has 0 saturated heterocycles. The molecule has 2 rings (SSSR count). The Morgan fingerprint density at radius 1 is 0.824 bits per heavy atom. The summed E-state index contributed by atoms with van der Waals surface area (Å²) < 4.78 is 0. The first-order chi connectivity index (χ1) is 8.25. The predicted molar refractivity (Wildman–Crippen MR) is 67.2 cm³/mol. The van der Waals surface area contributed by atoms with Crippen molar-refractivity contribution < 1.29 is 5.21 Å². The zero-order valence-electron chi connectivity index (χ0n) is 9.49. The van der Waals surface area contributed by atoms with Crippen molar-refractivity contribution in [3.05, 3.63) is 54.6 Å². The van der Waals surface area contributed by atoms with Gasteiger partial charge in [0, 0.05) is 7.05 Å². The Labute approximate surface area is 99.8 Å². The van der Waals surface area contributed by atoms with Crippen LogP contribution in [0.4, 0.5) is 17.1 Å². The highest BCUT2D eigenvalue weighted by Crippen LogP contribution is 2.20. The van der Waals surface area contributed by atoms with E-state index in [9.17, 15) is 5.21 Å². The molecule has 0 aliphatic rings. The molecule has 4 nitrogen and oxygen atoms in total. The van der Waals surface area contributed by atoms with Crippen molar-refractivity contribution in [2.24, 2.45) is 10.2 Å². The van der Waals surface area contributed by atoms with Crippen LogP contribution in [0, 0.1) is 0 Å². The second-order valence-corrected chi connectivity index (χ2v) is 3.58. The minimum Gasteiger partial charge on any atom is -0.289 e. The Morgan fingerprint density at radius 2 is 1.35 bits per heavy atom. The summed E-state index contributed by atoms with van der Waals surface area (Å²) in [4.78, 5) is 0. The van der Waals surface area contributed by atoms with Crippen molar-refractivity contribution in [3.63, 3.8) is 0 Å². The van der Waals surface area contributed by atoms with Crippen molar-refractivity contribution >= 4 is 17.1 Å². The van der Waals surface area contributed by atoms with Gasteiger partial charge in [0.15, 0.2) is 0 Å². The van der Waals surface area contributed by atoms with Crippen LogP contribution < -0.4 is 5.06 Å². The number of rotatable bonds is 3. The normalized spacial score (nSPS) is 10.7. The maximum atomic E-state index is 9.20. The van der Waals surface area contributed by atoms with Crippen LogP contribution in [0.15, 0.2) is 64.8 Å². The highest BCUT2D eigenvalue weighted by Gasteiger charge is 1.96. The molecule has 0 unspecified atom stereocenters. The van der Waals surface area contributed by atoms with E-state index in [0.29, 0.717) is 5.69 Å². The molecule has 2 aromatic carbocycles. The zero-order chi connectivity index (χ0) is 12.1. The summed E-state index contributed by atoms with van der Waals surface area (Å²) in [6.45, 7) is 0. The molecule has 4 heteroatoms. The molecule has 0 atom stereocenters. The van der Waals surface area contributed by atoms with Gasteiger partial charge in [0.25, 0.3) is 0 Å². The maximum absolute atomic E-state index is 9.20. The van der Waals surface area contributed by atoms with Crippen LogP contribution in [0.1, 0.15) is 0 Å². The largest absolute Gasteiger partial charge is 0.289 e. The summed E-state index contributed by atoms with van der Waals surface area (Å²) in [7, 11) is 1.57. The molecule has 0 spiro atoms. The molecule has 1 N–H and O–H groups in total. The fourth-order valence-electron chi connectivity index (χ4n) is 1.35. The lowest BCUT2D eigenvalue weighted by atomic mass is 10.3. The Bertz CT molecular complexity index is 492. The van der Waals surface area contributed by atoms with Gasteiger partial charge >= 0.3 is 0 Å². The Morgan fingerprint density at radius 3 is 1.88 bits per heavy atom. The van der Waals surface area contributed by atoms with Gasteiger partial charge < -0.3 is 0 Å². The van der Waals surface area contributed by atoms with Crippen LogP contribution in [-0.4, -0.2) is 12.3 Å². The summed E-state index contributed by atoms with van der Waals surface area (Å²) in [5.74, 6) is 0. The fourth-order valence-corrected chi connectivity index (χ4v) is 1.35. The second kappa shape index (κ2) is 5.23. The molecule has 17 heavy (non-hydrogen) atoms. The van der Waals surface area contributed by atoms with Gasteiger partial charge in [-0.25, -0.2) is 0 Å². The second-order valence-electron chi connectivity index (χ2n) is 3.58. The van der Waals surface area contributed by atoms with E-state index in [-0.39, 0.29) is 0 Å². The van der Waals surface area contributed by atoms with Crippen LogP contribution in [0.2, 0.25) is 0 Å². The fraction of sp³-hybridized carbons (Fsp3) is 0.0769. The lowest BCUT2D eigenvalue weighted by molar-refractivity contribution is 0.279. The topological polar surface area (TPSA) is 48.2 Å². The average Bonchev–Trinajstić information content (AvgIpc) is 2.38. The Hall–Kier alpha value is -2.20. The van der Waals surface area contributed by atoms with Crippen molar-refractivity contribution in [3.8, 4) is 0 Å². The Balaban J connectivity index is 2.12. The van der Waals surface area contributed by atoms with Gasteiger partial charge in [-0.3, -0.25) is 10.3 Å². The summed E-state index contributed by atoms with van der Waals surface area (Å²) in [6, 6.07) is 16.7. The van der Waals surface area contributed by atoms with E-state index in [1.54, 1.807) is 31.3 Å². The Kier molecular flexibility index (Phi) is 3.47. The third-order valence-corrected chi connectivity index (χ3v) is 2.26. The predicted octanol–water partition coefficient (Wildman–Crippen LogP) is 3.93. The van der Waals surface area contributed by atoms with Crippen molar-refractivity contribution in [2.45, 2.75) is 0 Å². The maximum Gasteiger partial charge on any atom is 0.0858 e. The molecule has 0 aliphatic carbocycles. The number of nitrogens with zero attached hydrogens (tertiary/aromatic N) is 3. The van der Waals surface area contributed by atoms with E-state index < -0.39 is 0 Å². The third kappa shape index (κ3) is 3.12. The zero-order valence-corrected chi connectivity index (χ0v) is 9.49. The van der Waals surface area contributed by atoms with Crippen molar-refractivity contribution in [1.82, 2.24) is 0 Å². The molecule has 0 fully saturated rings. The van der Waals surface area contributed by atoms with E-state index in [0.717, 1.165) is 16.4 Å². The third-order valence-electron chi connectivity index (χ3n) is 2.26. The first kappa shape index (κ1) is 11.3. The van der Waals surface area contributed by atoms with Crippen molar-refractivity contribution in [2.75, 3.05) is 12.1 Å². The van der Waals surface area contributed by atoms with Crippen molar-refractivity contribution in [1.29, 1.82) is 0 Å². The molecule has 0 heterocycles. The summed E-state index contributed by atoms with van der Waals surface area (Å²) >= 11 is 0. The molecular weight excluding hydrogens is 214 g/mol. The minimum atomic E-state index is 0.712. The molecule has 0 saturated carbocycles. The van der Waals surface area contributed by atoms with E-state index >= 15 is 0 Å². The van der Waals surface area contributed by atoms with Gasteiger partial charge in [0.2, 0.25) is 0 Å². The van der Waals surface area contributed by atoms with Crippen LogP contribution in [0.3, 0.4) is 0 Å². The summed E-state index contributed by atoms with van der Waals surface area (Å²) in [6.07, 6.45) is 0. The van der Waals surface area contributed by atoms with Crippen LogP contribution >= 0.6 is 0 Å². The SMILES string of the molecule is CN(O)c1ccc(N=Nc2ccccc2)cc1. The van der Waals surface area contributed by atoms with Gasteiger partial charge in [-0.1, -0.05) is 18.2 Å². The van der Waals surface area contributed by atoms with Crippen LogP contribution in [-0.2, 0) is 0 Å². The van der Waals surface area contributed by atoms with E-state index in [1.165, 1.54) is 0 Å². The quantitative estimate of drug-likeness (QED) is 0.638. The number of anilines is 1. The number of benzene rings is 2. The highest BCUT2D eigenvalue weighted by atomic mass is 16.5. The highest BCUT2D eigenvalue weighted by molar-refractivity contribution is 5.50. The van der Waals surface area contributed by atoms with Gasteiger partial charge in [-0.2, -0.15) is 10.2 Å².